The lowest BCUT2D eigenvalue weighted by Gasteiger charge is -2.30. The maximum atomic E-state index is 13.3. The van der Waals surface area contributed by atoms with Crippen molar-refractivity contribution in [2.75, 3.05) is 20.2 Å². The van der Waals surface area contributed by atoms with Gasteiger partial charge in [-0.15, -0.1) is 12.4 Å². The van der Waals surface area contributed by atoms with Crippen molar-refractivity contribution < 1.29 is 19.0 Å². The van der Waals surface area contributed by atoms with E-state index in [0.717, 1.165) is 24.9 Å². The molecule has 1 aromatic rings. The summed E-state index contributed by atoms with van der Waals surface area (Å²) in [6.45, 7) is 2.05. The van der Waals surface area contributed by atoms with Crippen LogP contribution in [0.1, 0.15) is 18.4 Å². The van der Waals surface area contributed by atoms with Crippen LogP contribution in [0, 0.1) is 11.7 Å². The van der Waals surface area contributed by atoms with Crippen molar-refractivity contribution in [3.63, 3.8) is 0 Å². The lowest BCUT2D eigenvalue weighted by molar-refractivity contribution is -0.143. The fourth-order valence-corrected chi connectivity index (χ4v) is 2.46. The van der Waals surface area contributed by atoms with Gasteiger partial charge in [0.2, 0.25) is 0 Å². The van der Waals surface area contributed by atoms with Gasteiger partial charge in [0, 0.05) is 13.1 Å². The van der Waals surface area contributed by atoms with Crippen LogP contribution in [0.3, 0.4) is 0 Å². The summed E-state index contributed by atoms with van der Waals surface area (Å²) < 4.78 is 18.2. The highest BCUT2D eigenvalue weighted by Gasteiger charge is 2.25. The minimum absolute atomic E-state index is 0. The quantitative estimate of drug-likeness (QED) is 0.929. The van der Waals surface area contributed by atoms with Crippen molar-refractivity contribution in [3.05, 3.63) is 29.6 Å². The van der Waals surface area contributed by atoms with E-state index in [1.54, 1.807) is 12.1 Å². The second kappa shape index (κ2) is 7.45. The van der Waals surface area contributed by atoms with E-state index in [1.807, 2.05) is 0 Å². The fourth-order valence-electron chi connectivity index (χ4n) is 2.46. The van der Waals surface area contributed by atoms with Crippen molar-refractivity contribution in [2.45, 2.75) is 19.4 Å². The van der Waals surface area contributed by atoms with E-state index in [1.165, 1.54) is 13.2 Å². The van der Waals surface area contributed by atoms with E-state index >= 15 is 0 Å². The molecule has 20 heavy (non-hydrogen) atoms. The van der Waals surface area contributed by atoms with E-state index < -0.39 is 5.97 Å². The molecule has 0 aliphatic carbocycles. The Morgan fingerprint density at radius 3 is 2.95 bits per heavy atom. The van der Waals surface area contributed by atoms with Crippen LogP contribution in [-0.4, -0.2) is 36.2 Å². The molecule has 0 aromatic heterocycles. The Morgan fingerprint density at radius 2 is 2.30 bits per heavy atom. The highest BCUT2D eigenvalue weighted by atomic mass is 35.5. The smallest absolute Gasteiger partial charge is 0.307 e. The first-order valence-electron chi connectivity index (χ1n) is 6.37. The molecule has 0 bridgehead atoms. The number of hydrogen-bond acceptors (Lipinski definition) is 3. The molecule has 1 unspecified atom stereocenters. The molecule has 1 heterocycles. The van der Waals surface area contributed by atoms with Crippen molar-refractivity contribution in [2.24, 2.45) is 5.92 Å². The number of nitrogens with zero attached hydrogens (tertiary/aromatic N) is 1. The summed E-state index contributed by atoms with van der Waals surface area (Å²) >= 11 is 0. The zero-order valence-corrected chi connectivity index (χ0v) is 12.2. The molecule has 112 valence electrons. The summed E-state index contributed by atoms with van der Waals surface area (Å²) in [7, 11) is 1.43. The van der Waals surface area contributed by atoms with Crippen LogP contribution in [0.2, 0.25) is 0 Å². The third-order valence-electron chi connectivity index (χ3n) is 3.48. The first kappa shape index (κ1) is 16.7. The minimum atomic E-state index is -0.735. The number of methoxy groups -OCH3 is 1. The molecule has 1 atom stereocenters. The molecule has 0 saturated carbocycles. The summed E-state index contributed by atoms with van der Waals surface area (Å²) in [5.74, 6) is -1.19. The number of benzene rings is 1. The predicted molar refractivity (Wildman–Crippen MR) is 75.8 cm³/mol. The maximum Gasteiger partial charge on any atom is 0.307 e. The average Bonchev–Trinajstić information content (AvgIpc) is 2.41. The number of hydrogen-bond donors (Lipinski definition) is 1. The number of carbonyl (C=O) groups is 1. The molecule has 2 rings (SSSR count). The molecule has 1 aromatic carbocycles. The third-order valence-corrected chi connectivity index (χ3v) is 3.48. The van der Waals surface area contributed by atoms with Gasteiger partial charge in [-0.1, -0.05) is 6.07 Å². The topological polar surface area (TPSA) is 49.8 Å². The van der Waals surface area contributed by atoms with Crippen LogP contribution in [0.25, 0.3) is 0 Å². The molecule has 0 radical (unpaired) electrons. The van der Waals surface area contributed by atoms with Crippen molar-refractivity contribution in [3.8, 4) is 5.75 Å². The third kappa shape index (κ3) is 4.08. The Labute approximate surface area is 123 Å². The number of carboxylic acid groups (broad SMARTS) is 1. The molecule has 0 spiro atoms. The summed E-state index contributed by atoms with van der Waals surface area (Å²) in [5, 5.41) is 9.04. The Kier molecular flexibility index (Phi) is 6.23. The van der Waals surface area contributed by atoms with Crippen LogP contribution in [-0.2, 0) is 11.3 Å². The molecule has 1 N–H and O–H groups in total. The highest BCUT2D eigenvalue weighted by molar-refractivity contribution is 5.85. The molecular formula is C14H19ClFNO3. The predicted octanol–water partition coefficient (Wildman–Crippen LogP) is 2.55. The SMILES string of the molecule is COc1cc(CN2CCCC(C(=O)O)C2)ccc1F.Cl. The molecule has 1 aliphatic rings. The fraction of sp³-hybridized carbons (Fsp3) is 0.500. The number of rotatable bonds is 4. The first-order chi connectivity index (χ1) is 9.10. The zero-order chi connectivity index (χ0) is 13.8. The van der Waals surface area contributed by atoms with E-state index in [9.17, 15) is 9.18 Å². The summed E-state index contributed by atoms with van der Waals surface area (Å²) in [4.78, 5) is 13.1. The second-order valence-corrected chi connectivity index (χ2v) is 4.88. The Morgan fingerprint density at radius 1 is 1.55 bits per heavy atom. The van der Waals surface area contributed by atoms with E-state index in [-0.39, 0.29) is 29.9 Å². The van der Waals surface area contributed by atoms with Crippen LogP contribution in [0.4, 0.5) is 4.39 Å². The number of ether oxygens (including phenoxy) is 1. The molecule has 0 amide bonds. The highest BCUT2D eigenvalue weighted by Crippen LogP contribution is 2.22. The standard InChI is InChI=1S/C14H18FNO3.ClH/c1-19-13-7-10(4-5-12(13)15)8-16-6-2-3-11(9-16)14(17)18;/h4-5,7,11H,2-3,6,8-9H2,1H3,(H,17,18);1H. The van der Waals surface area contributed by atoms with Gasteiger partial charge in [-0.25, -0.2) is 4.39 Å². The second-order valence-electron chi connectivity index (χ2n) is 4.88. The summed E-state index contributed by atoms with van der Waals surface area (Å²) in [6.07, 6.45) is 1.62. The van der Waals surface area contributed by atoms with Gasteiger partial charge in [-0.2, -0.15) is 0 Å². The van der Waals surface area contributed by atoms with Crippen LogP contribution >= 0.6 is 12.4 Å². The molecular weight excluding hydrogens is 285 g/mol. The van der Waals surface area contributed by atoms with Crippen molar-refractivity contribution in [1.82, 2.24) is 4.90 Å². The molecule has 6 heteroatoms. The van der Waals surface area contributed by atoms with Gasteiger partial charge in [0.05, 0.1) is 13.0 Å². The maximum absolute atomic E-state index is 13.3. The van der Waals surface area contributed by atoms with Crippen LogP contribution < -0.4 is 4.74 Å². The monoisotopic (exact) mass is 303 g/mol. The number of likely N-dealkylation sites (tertiary alicyclic amines) is 1. The number of piperidine rings is 1. The largest absolute Gasteiger partial charge is 0.494 e. The Balaban J connectivity index is 0.00000200. The minimum Gasteiger partial charge on any atom is -0.494 e. The molecule has 1 aliphatic heterocycles. The number of halogens is 2. The van der Waals surface area contributed by atoms with E-state index in [2.05, 4.69) is 4.90 Å². The van der Waals surface area contributed by atoms with E-state index in [0.29, 0.717) is 13.1 Å². The summed E-state index contributed by atoms with van der Waals surface area (Å²) in [6, 6.07) is 4.76. The Bertz CT molecular complexity index is 470. The molecule has 1 saturated heterocycles. The van der Waals surface area contributed by atoms with Crippen molar-refractivity contribution in [1.29, 1.82) is 0 Å². The lowest BCUT2D eigenvalue weighted by Crippen LogP contribution is -2.38. The van der Waals surface area contributed by atoms with Gasteiger partial charge in [0.25, 0.3) is 0 Å². The normalized spacial score (nSPS) is 19.2. The lowest BCUT2D eigenvalue weighted by atomic mass is 9.98. The Hall–Kier alpha value is -1.33. The van der Waals surface area contributed by atoms with Gasteiger partial charge < -0.3 is 9.84 Å². The van der Waals surface area contributed by atoms with Gasteiger partial charge >= 0.3 is 5.97 Å². The van der Waals surface area contributed by atoms with Gasteiger partial charge in [0.15, 0.2) is 11.6 Å². The zero-order valence-electron chi connectivity index (χ0n) is 11.3. The average molecular weight is 304 g/mol. The number of carboxylic acids is 1. The molecule has 1 fully saturated rings. The summed E-state index contributed by atoms with van der Waals surface area (Å²) in [5.41, 5.74) is 0.935. The van der Waals surface area contributed by atoms with Gasteiger partial charge in [0.1, 0.15) is 0 Å². The first-order valence-corrected chi connectivity index (χ1v) is 6.37. The van der Waals surface area contributed by atoms with Gasteiger partial charge in [-0.05, 0) is 37.1 Å². The number of aliphatic carboxylic acids is 1. The van der Waals surface area contributed by atoms with Crippen molar-refractivity contribution >= 4 is 18.4 Å². The van der Waals surface area contributed by atoms with Gasteiger partial charge in [-0.3, -0.25) is 9.69 Å². The van der Waals surface area contributed by atoms with Crippen LogP contribution in [0.5, 0.6) is 5.75 Å². The van der Waals surface area contributed by atoms with Crippen LogP contribution in [0.15, 0.2) is 18.2 Å². The molecule has 4 nitrogen and oxygen atoms in total. The van der Waals surface area contributed by atoms with E-state index in [4.69, 9.17) is 9.84 Å².